The van der Waals surface area contributed by atoms with Gasteiger partial charge in [0.15, 0.2) is 11.0 Å². The van der Waals surface area contributed by atoms with Crippen molar-refractivity contribution < 1.29 is 9.42 Å². The third-order valence-corrected chi connectivity index (χ3v) is 3.79. The van der Waals surface area contributed by atoms with Gasteiger partial charge in [-0.3, -0.25) is 4.79 Å². The first-order valence-electron chi connectivity index (χ1n) is 6.71. The summed E-state index contributed by atoms with van der Waals surface area (Å²) in [4.78, 5) is 14.1. The number of nitrogens with one attached hydrogen (secondary N) is 1. The molecule has 3 N–H and O–H groups in total. The summed E-state index contributed by atoms with van der Waals surface area (Å²) in [6.45, 7) is 0.809. The first kappa shape index (κ1) is 12.7. The van der Waals surface area contributed by atoms with E-state index in [1.807, 2.05) is 6.07 Å². The smallest absolute Gasteiger partial charge is 0.242 e. The number of carbonyl (C=O) groups excluding carboxylic acids is 1. The monoisotopic (exact) mass is 275 g/mol. The molecular formula is C13H17N5O2. The van der Waals surface area contributed by atoms with Crippen LogP contribution in [0.2, 0.25) is 0 Å². The van der Waals surface area contributed by atoms with Gasteiger partial charge in [-0.2, -0.15) is 0 Å². The maximum absolute atomic E-state index is 12.1. The van der Waals surface area contributed by atoms with Gasteiger partial charge in [0.2, 0.25) is 5.91 Å². The van der Waals surface area contributed by atoms with Crippen molar-refractivity contribution in [3.8, 4) is 0 Å². The summed E-state index contributed by atoms with van der Waals surface area (Å²) in [5, 5.41) is 10.5. The van der Waals surface area contributed by atoms with E-state index in [1.54, 1.807) is 13.1 Å². The number of nitrogens with two attached hydrogens (primary N) is 1. The maximum atomic E-state index is 12.1. The summed E-state index contributed by atoms with van der Waals surface area (Å²) in [5.74, 6) is 0.0196. The van der Waals surface area contributed by atoms with E-state index in [4.69, 9.17) is 10.4 Å². The largest absolute Gasteiger partial charge is 0.397 e. The van der Waals surface area contributed by atoms with Crippen molar-refractivity contribution in [1.29, 1.82) is 0 Å². The summed E-state index contributed by atoms with van der Waals surface area (Å²) in [5.41, 5.74) is 8.39. The molecule has 7 nitrogen and oxygen atoms in total. The quantitative estimate of drug-likeness (QED) is 0.791. The van der Waals surface area contributed by atoms with Crippen LogP contribution in [0.15, 0.2) is 16.8 Å². The van der Waals surface area contributed by atoms with E-state index in [9.17, 15) is 4.79 Å². The zero-order valence-corrected chi connectivity index (χ0v) is 11.3. The minimum atomic E-state index is -0.183. The van der Waals surface area contributed by atoms with E-state index in [-0.39, 0.29) is 11.9 Å². The summed E-state index contributed by atoms with van der Waals surface area (Å²) in [6.07, 6.45) is 2.92. The van der Waals surface area contributed by atoms with E-state index >= 15 is 0 Å². The van der Waals surface area contributed by atoms with Crippen LogP contribution in [-0.4, -0.2) is 35.9 Å². The molecule has 1 saturated heterocycles. The summed E-state index contributed by atoms with van der Waals surface area (Å²) < 4.78 is 4.79. The predicted octanol–water partition coefficient (Wildman–Crippen LogP) is 0.910. The van der Waals surface area contributed by atoms with Gasteiger partial charge >= 0.3 is 0 Å². The standard InChI is InChI=1S/C13H17N5O2/c1-15-13(19)10-4-2-3-7-18(10)9-6-5-8(14)11-12(9)17-20-16-11/h5-6,10H,2-4,7,14H2,1H3,(H,15,19). The fourth-order valence-corrected chi connectivity index (χ4v) is 2.76. The molecule has 7 heteroatoms. The molecular weight excluding hydrogens is 258 g/mol. The molecule has 1 aromatic carbocycles. The average Bonchev–Trinajstić information content (AvgIpc) is 2.97. The van der Waals surface area contributed by atoms with Crippen LogP contribution in [0, 0.1) is 0 Å². The van der Waals surface area contributed by atoms with Gasteiger partial charge in [-0.25, -0.2) is 4.63 Å². The van der Waals surface area contributed by atoms with Gasteiger partial charge in [0.05, 0.1) is 11.4 Å². The molecule has 0 aliphatic carbocycles. The summed E-state index contributed by atoms with van der Waals surface area (Å²) in [7, 11) is 1.66. The van der Waals surface area contributed by atoms with Crippen molar-refractivity contribution in [2.75, 3.05) is 24.2 Å². The number of fused-ring (bicyclic) bond motifs is 1. The Morgan fingerprint density at radius 3 is 3.00 bits per heavy atom. The Hall–Kier alpha value is -2.31. The molecule has 1 fully saturated rings. The second-order valence-electron chi connectivity index (χ2n) is 4.95. The number of aromatic nitrogens is 2. The summed E-state index contributed by atoms with van der Waals surface area (Å²) in [6, 6.07) is 3.47. The van der Waals surface area contributed by atoms with Crippen LogP contribution in [0.4, 0.5) is 11.4 Å². The van der Waals surface area contributed by atoms with Crippen LogP contribution in [0.3, 0.4) is 0 Å². The van der Waals surface area contributed by atoms with E-state index in [0.29, 0.717) is 16.7 Å². The molecule has 1 aliphatic heterocycles. The van der Waals surface area contributed by atoms with Crippen LogP contribution in [0.25, 0.3) is 11.0 Å². The number of benzene rings is 1. The summed E-state index contributed by atoms with van der Waals surface area (Å²) >= 11 is 0. The molecule has 0 spiro atoms. The molecule has 1 aromatic heterocycles. The number of anilines is 2. The lowest BCUT2D eigenvalue weighted by Gasteiger charge is -2.36. The molecule has 1 amide bonds. The fraction of sp³-hybridized carbons (Fsp3) is 0.462. The second-order valence-corrected chi connectivity index (χ2v) is 4.95. The van der Waals surface area contributed by atoms with Gasteiger partial charge in [-0.15, -0.1) is 0 Å². The van der Waals surface area contributed by atoms with Crippen LogP contribution in [0.5, 0.6) is 0 Å². The number of hydrogen-bond acceptors (Lipinski definition) is 6. The van der Waals surface area contributed by atoms with Gasteiger partial charge in [0.1, 0.15) is 6.04 Å². The van der Waals surface area contributed by atoms with Gasteiger partial charge in [-0.1, -0.05) is 0 Å². The van der Waals surface area contributed by atoms with E-state index in [0.717, 1.165) is 31.5 Å². The number of amides is 1. The van der Waals surface area contributed by atoms with Crippen LogP contribution >= 0.6 is 0 Å². The Kier molecular flexibility index (Phi) is 3.17. The highest BCUT2D eigenvalue weighted by atomic mass is 16.6. The molecule has 0 bridgehead atoms. The zero-order chi connectivity index (χ0) is 14.1. The molecule has 2 aromatic rings. The molecule has 2 heterocycles. The number of carbonyl (C=O) groups is 1. The Bertz CT molecular complexity index is 639. The zero-order valence-electron chi connectivity index (χ0n) is 11.3. The van der Waals surface area contributed by atoms with Crippen molar-refractivity contribution in [2.45, 2.75) is 25.3 Å². The molecule has 20 heavy (non-hydrogen) atoms. The van der Waals surface area contributed by atoms with Crippen LogP contribution in [0.1, 0.15) is 19.3 Å². The molecule has 3 rings (SSSR count). The molecule has 0 saturated carbocycles. The van der Waals surface area contributed by atoms with Gasteiger partial charge < -0.3 is 16.0 Å². The molecule has 1 unspecified atom stereocenters. The number of rotatable bonds is 2. The number of hydrogen-bond donors (Lipinski definition) is 2. The molecule has 0 radical (unpaired) electrons. The highest BCUT2D eigenvalue weighted by Crippen LogP contribution is 2.32. The number of nitrogens with zero attached hydrogens (tertiary/aromatic N) is 3. The minimum absolute atomic E-state index is 0.0196. The Labute approximate surface area is 116 Å². The lowest BCUT2D eigenvalue weighted by atomic mass is 10.00. The van der Waals surface area contributed by atoms with Crippen LogP contribution in [-0.2, 0) is 4.79 Å². The Morgan fingerprint density at radius 1 is 1.40 bits per heavy atom. The first-order chi connectivity index (χ1) is 9.72. The second kappa shape index (κ2) is 4.99. The normalized spacial score (nSPS) is 19.2. The fourth-order valence-electron chi connectivity index (χ4n) is 2.76. The third-order valence-electron chi connectivity index (χ3n) is 3.79. The highest BCUT2D eigenvalue weighted by molar-refractivity contribution is 5.97. The maximum Gasteiger partial charge on any atom is 0.242 e. The van der Waals surface area contributed by atoms with Crippen molar-refractivity contribution >= 4 is 28.3 Å². The van der Waals surface area contributed by atoms with Gasteiger partial charge in [0, 0.05) is 13.6 Å². The van der Waals surface area contributed by atoms with E-state index < -0.39 is 0 Å². The van der Waals surface area contributed by atoms with Crippen molar-refractivity contribution in [1.82, 2.24) is 15.6 Å². The first-order valence-corrected chi connectivity index (χ1v) is 6.71. The lowest BCUT2D eigenvalue weighted by Crippen LogP contribution is -2.49. The predicted molar refractivity (Wildman–Crippen MR) is 75.3 cm³/mol. The van der Waals surface area contributed by atoms with Crippen molar-refractivity contribution in [2.24, 2.45) is 0 Å². The number of nitrogen functional groups attached to an aromatic ring is 1. The number of likely N-dealkylation sites (N-methyl/N-ethyl adjacent to an activating group) is 1. The Morgan fingerprint density at radius 2 is 2.20 bits per heavy atom. The Balaban J connectivity index is 2.06. The van der Waals surface area contributed by atoms with Gasteiger partial charge in [0.25, 0.3) is 0 Å². The van der Waals surface area contributed by atoms with Gasteiger partial charge in [-0.05, 0) is 41.7 Å². The topological polar surface area (TPSA) is 97.3 Å². The average molecular weight is 275 g/mol. The highest BCUT2D eigenvalue weighted by Gasteiger charge is 2.30. The number of piperidine rings is 1. The van der Waals surface area contributed by atoms with E-state index in [2.05, 4.69) is 20.5 Å². The minimum Gasteiger partial charge on any atom is -0.397 e. The molecule has 1 atom stereocenters. The molecule has 1 aliphatic rings. The lowest BCUT2D eigenvalue weighted by molar-refractivity contribution is -0.122. The third kappa shape index (κ3) is 1.95. The molecule has 106 valence electrons. The van der Waals surface area contributed by atoms with Crippen LogP contribution < -0.4 is 16.0 Å². The van der Waals surface area contributed by atoms with Crippen molar-refractivity contribution in [3.05, 3.63) is 12.1 Å². The van der Waals surface area contributed by atoms with Crippen molar-refractivity contribution in [3.63, 3.8) is 0 Å². The SMILES string of the molecule is CNC(=O)C1CCCCN1c1ccc(N)c2nonc12. The van der Waals surface area contributed by atoms with E-state index in [1.165, 1.54) is 0 Å².